The summed E-state index contributed by atoms with van der Waals surface area (Å²) in [6.07, 6.45) is 0. The molecular weight excluding hydrogens is 376 g/mol. The molecule has 0 bridgehead atoms. The zero-order valence-corrected chi connectivity index (χ0v) is 16.2. The van der Waals surface area contributed by atoms with Crippen LogP contribution in [0.5, 0.6) is 11.5 Å². The van der Waals surface area contributed by atoms with Crippen molar-refractivity contribution in [3.8, 4) is 22.8 Å². The molecule has 0 atom stereocenters. The Balaban J connectivity index is 1.57. The molecule has 0 aliphatic carbocycles. The molecule has 0 spiro atoms. The molecule has 0 fully saturated rings. The van der Waals surface area contributed by atoms with Gasteiger partial charge < -0.3 is 9.47 Å². The minimum Gasteiger partial charge on any atom is -0.497 e. The van der Waals surface area contributed by atoms with Crippen molar-refractivity contribution in [1.29, 1.82) is 0 Å². The number of carbonyl (C=O) groups excluding carboxylic acids is 1. The second-order valence-electron chi connectivity index (χ2n) is 5.89. The minimum atomic E-state index is -0.286. The summed E-state index contributed by atoms with van der Waals surface area (Å²) >= 11 is 1.46. The Hall–Kier alpha value is -3.39. The van der Waals surface area contributed by atoms with E-state index in [0.29, 0.717) is 22.9 Å². The first-order valence-corrected chi connectivity index (χ1v) is 9.59. The van der Waals surface area contributed by atoms with Crippen molar-refractivity contribution >= 4 is 28.2 Å². The molecule has 0 unspecified atom stereocenters. The van der Waals surface area contributed by atoms with Gasteiger partial charge in [0.05, 0.1) is 19.4 Å². The SMILES string of the molecule is CCOc1cccc(C(=O)Nc2nc3scc(-c4ccc(OC)cc4)n3n2)c1. The predicted octanol–water partition coefficient (Wildman–Crippen LogP) is 4.12. The van der Waals surface area contributed by atoms with Crippen LogP contribution < -0.4 is 14.8 Å². The van der Waals surface area contributed by atoms with Gasteiger partial charge >= 0.3 is 0 Å². The van der Waals surface area contributed by atoms with Crippen LogP contribution in [0.15, 0.2) is 53.9 Å². The lowest BCUT2D eigenvalue weighted by Gasteiger charge is -2.05. The van der Waals surface area contributed by atoms with E-state index in [4.69, 9.17) is 9.47 Å². The number of methoxy groups -OCH3 is 1. The van der Waals surface area contributed by atoms with Crippen LogP contribution in [0.2, 0.25) is 0 Å². The highest BCUT2D eigenvalue weighted by Gasteiger charge is 2.15. The zero-order valence-electron chi connectivity index (χ0n) is 15.4. The Bertz CT molecular complexity index is 1120. The van der Waals surface area contributed by atoms with Gasteiger partial charge in [-0.1, -0.05) is 6.07 Å². The van der Waals surface area contributed by atoms with E-state index < -0.39 is 0 Å². The average Bonchev–Trinajstić information content (AvgIpc) is 3.29. The van der Waals surface area contributed by atoms with E-state index in [2.05, 4.69) is 15.4 Å². The fourth-order valence-electron chi connectivity index (χ4n) is 2.76. The normalized spacial score (nSPS) is 10.8. The maximum atomic E-state index is 12.5. The van der Waals surface area contributed by atoms with E-state index in [9.17, 15) is 4.79 Å². The van der Waals surface area contributed by atoms with Gasteiger partial charge in [0, 0.05) is 16.5 Å². The maximum Gasteiger partial charge on any atom is 0.258 e. The predicted molar refractivity (Wildman–Crippen MR) is 108 cm³/mol. The van der Waals surface area contributed by atoms with Crippen LogP contribution in [-0.2, 0) is 0 Å². The van der Waals surface area contributed by atoms with Crippen molar-refractivity contribution in [3.63, 3.8) is 0 Å². The summed E-state index contributed by atoms with van der Waals surface area (Å²) in [5, 5.41) is 9.17. The number of ether oxygens (including phenoxy) is 2. The van der Waals surface area contributed by atoms with Crippen LogP contribution in [0.25, 0.3) is 16.2 Å². The highest BCUT2D eigenvalue weighted by Crippen LogP contribution is 2.27. The quantitative estimate of drug-likeness (QED) is 0.532. The molecule has 4 rings (SSSR count). The maximum absolute atomic E-state index is 12.5. The van der Waals surface area contributed by atoms with Crippen LogP contribution in [-0.4, -0.2) is 34.2 Å². The van der Waals surface area contributed by atoms with Gasteiger partial charge in [-0.15, -0.1) is 16.4 Å². The monoisotopic (exact) mass is 394 g/mol. The van der Waals surface area contributed by atoms with E-state index in [1.54, 1.807) is 29.8 Å². The van der Waals surface area contributed by atoms with Crippen molar-refractivity contribution in [1.82, 2.24) is 14.6 Å². The smallest absolute Gasteiger partial charge is 0.258 e. The number of aromatic nitrogens is 3. The highest BCUT2D eigenvalue weighted by molar-refractivity contribution is 7.15. The number of carbonyl (C=O) groups is 1. The first-order valence-electron chi connectivity index (χ1n) is 8.71. The lowest BCUT2D eigenvalue weighted by Crippen LogP contribution is -2.13. The van der Waals surface area contributed by atoms with Gasteiger partial charge in [-0.3, -0.25) is 10.1 Å². The fourth-order valence-corrected chi connectivity index (χ4v) is 3.59. The summed E-state index contributed by atoms with van der Waals surface area (Å²) in [5.74, 6) is 1.41. The second kappa shape index (κ2) is 7.69. The summed E-state index contributed by atoms with van der Waals surface area (Å²) < 4.78 is 12.4. The average molecular weight is 394 g/mol. The number of hydrogen-bond donors (Lipinski definition) is 1. The van der Waals surface area contributed by atoms with Gasteiger partial charge in [0.1, 0.15) is 11.5 Å². The van der Waals surface area contributed by atoms with Gasteiger partial charge in [0.2, 0.25) is 4.96 Å². The second-order valence-corrected chi connectivity index (χ2v) is 6.73. The van der Waals surface area contributed by atoms with Gasteiger partial charge in [0.25, 0.3) is 11.9 Å². The van der Waals surface area contributed by atoms with Crippen LogP contribution in [0.3, 0.4) is 0 Å². The molecule has 1 N–H and O–H groups in total. The molecule has 7 nitrogen and oxygen atoms in total. The number of nitrogens with zero attached hydrogens (tertiary/aromatic N) is 3. The molecule has 8 heteroatoms. The van der Waals surface area contributed by atoms with E-state index in [1.807, 2.05) is 42.6 Å². The molecule has 0 aliphatic heterocycles. The third-order valence-corrected chi connectivity index (χ3v) is 4.92. The largest absolute Gasteiger partial charge is 0.497 e. The Labute approximate surface area is 165 Å². The van der Waals surface area contributed by atoms with Crippen LogP contribution >= 0.6 is 11.3 Å². The Morgan fingerprint density at radius 1 is 1.18 bits per heavy atom. The van der Waals surface area contributed by atoms with Crippen LogP contribution in [0.4, 0.5) is 5.95 Å². The number of thiazole rings is 1. The number of anilines is 1. The van der Waals surface area contributed by atoms with Gasteiger partial charge in [-0.05, 0) is 49.4 Å². The topological polar surface area (TPSA) is 77.8 Å². The summed E-state index contributed by atoms with van der Waals surface area (Å²) in [7, 11) is 1.63. The Morgan fingerprint density at radius 2 is 2.00 bits per heavy atom. The molecule has 0 saturated carbocycles. The van der Waals surface area contributed by atoms with E-state index >= 15 is 0 Å². The summed E-state index contributed by atoms with van der Waals surface area (Å²) in [4.78, 5) is 17.6. The number of amides is 1. The van der Waals surface area contributed by atoms with Crippen molar-refractivity contribution in [2.24, 2.45) is 0 Å². The van der Waals surface area contributed by atoms with Gasteiger partial charge in [0.15, 0.2) is 0 Å². The van der Waals surface area contributed by atoms with Crippen molar-refractivity contribution in [3.05, 3.63) is 59.5 Å². The molecule has 0 radical (unpaired) electrons. The van der Waals surface area contributed by atoms with Crippen LogP contribution in [0.1, 0.15) is 17.3 Å². The molecule has 2 aromatic carbocycles. The zero-order chi connectivity index (χ0) is 19.5. The number of rotatable bonds is 6. The van der Waals surface area contributed by atoms with Crippen molar-refractivity contribution in [2.45, 2.75) is 6.92 Å². The van der Waals surface area contributed by atoms with E-state index in [-0.39, 0.29) is 11.9 Å². The Morgan fingerprint density at radius 3 is 2.75 bits per heavy atom. The highest BCUT2D eigenvalue weighted by atomic mass is 32.1. The van der Waals surface area contributed by atoms with Crippen LogP contribution in [0, 0.1) is 0 Å². The first-order chi connectivity index (χ1) is 13.7. The van der Waals surface area contributed by atoms with Crippen molar-refractivity contribution < 1.29 is 14.3 Å². The Kier molecular flexibility index (Phi) is 4.94. The van der Waals surface area contributed by atoms with Crippen molar-refractivity contribution in [2.75, 3.05) is 19.0 Å². The molecule has 0 aliphatic rings. The molecule has 0 saturated heterocycles. The first kappa shape index (κ1) is 18.0. The van der Waals surface area contributed by atoms with E-state index in [1.165, 1.54) is 11.3 Å². The molecular formula is C20H18N4O3S. The molecule has 2 heterocycles. The number of benzene rings is 2. The summed E-state index contributed by atoms with van der Waals surface area (Å²) in [6.45, 7) is 2.44. The fraction of sp³-hybridized carbons (Fsp3) is 0.150. The molecule has 28 heavy (non-hydrogen) atoms. The lowest BCUT2D eigenvalue weighted by molar-refractivity contribution is 0.102. The summed E-state index contributed by atoms with van der Waals surface area (Å²) in [5.41, 5.74) is 2.37. The van der Waals surface area contributed by atoms with Gasteiger partial charge in [-0.2, -0.15) is 4.98 Å². The number of hydrogen-bond acceptors (Lipinski definition) is 6. The molecule has 1 amide bonds. The van der Waals surface area contributed by atoms with Gasteiger partial charge in [-0.25, -0.2) is 4.52 Å². The summed E-state index contributed by atoms with van der Waals surface area (Å²) in [6, 6.07) is 14.7. The lowest BCUT2D eigenvalue weighted by atomic mass is 10.2. The van der Waals surface area contributed by atoms with E-state index in [0.717, 1.165) is 17.0 Å². The number of nitrogens with one attached hydrogen (secondary N) is 1. The molecule has 4 aromatic rings. The molecule has 142 valence electrons. The third kappa shape index (κ3) is 3.54. The standard InChI is InChI=1S/C20H18N4O3S/c1-3-27-16-6-4-5-14(11-16)18(25)21-19-22-20-24(23-19)17(12-28-20)13-7-9-15(26-2)10-8-13/h4-12H,3H2,1-2H3,(H,21,23,25). The number of fused-ring (bicyclic) bond motifs is 1. The third-order valence-electron chi connectivity index (χ3n) is 4.10. The minimum absolute atomic E-state index is 0.258. The molecule has 2 aromatic heterocycles.